The maximum atomic E-state index is 15.0. The molecule has 0 spiro atoms. The molecule has 1 aliphatic rings. The van der Waals surface area contributed by atoms with E-state index in [0.717, 1.165) is 11.0 Å². The van der Waals surface area contributed by atoms with Crippen molar-refractivity contribution in [1.82, 2.24) is 10.6 Å². The normalized spacial score (nSPS) is 12.6. The standard InChI is InChI=1S/C21H18F2N4O2S.C12H14FN3O.C9H5FN2S/c1-11-15(24-4)8-9-16(17(11)23)26-19(29)21(2,3)27(20(26)30)12-6-7-13(14(22)10-12)18(28)25-5;1-12(2,15-4)16-8-5-6-9(10(13)7-8)11(17)14-3;1-6-7(11-2)3-4-8(9(6)10)12-5-13/h6-10H,1-3,5H3,(H,25,28);5-7,16H,1-3H3,(H,14,17);3-4H,1H3. The maximum Gasteiger partial charge on any atom is 0.299 e. The van der Waals surface area contributed by atoms with E-state index >= 15 is 0 Å². The molecule has 12 nitrogen and oxygen atoms in total. The van der Waals surface area contributed by atoms with Crippen molar-refractivity contribution in [2.24, 2.45) is 4.99 Å². The average molecular weight is 856 g/mol. The SMILES string of the molecule is [C-]#[N+]C(C)(C)Nc1ccc(C(=O)NC)c(F)c1.[C-]#[N+]c1ccc(N2C(=O)C(C)(C)N(c3ccc(C(=O)NC)c(F)c3)C2=S)c(F)c1C.[C-]#[N+]c1ccc(N=C=S)c(F)c1C. The van der Waals surface area contributed by atoms with Crippen molar-refractivity contribution < 1.29 is 31.9 Å². The quantitative estimate of drug-likeness (QED) is 0.0733. The fourth-order valence-electron chi connectivity index (χ4n) is 5.57. The molecule has 0 unspecified atom stereocenters. The third-order valence-corrected chi connectivity index (χ3v) is 9.30. The fourth-order valence-corrected chi connectivity index (χ4v) is 6.18. The van der Waals surface area contributed by atoms with Crippen molar-refractivity contribution in [3.63, 3.8) is 0 Å². The molecule has 3 N–H and O–H groups in total. The first-order valence-electron chi connectivity index (χ1n) is 17.5. The summed E-state index contributed by atoms with van der Waals surface area (Å²) in [6.45, 7) is 30.3. The predicted octanol–water partition coefficient (Wildman–Crippen LogP) is 9.77. The van der Waals surface area contributed by atoms with E-state index in [4.69, 9.17) is 31.9 Å². The van der Waals surface area contributed by atoms with E-state index in [2.05, 4.69) is 52.9 Å². The molecule has 1 fully saturated rings. The minimum absolute atomic E-state index is 0.0151. The van der Waals surface area contributed by atoms with Crippen LogP contribution >= 0.6 is 24.4 Å². The van der Waals surface area contributed by atoms with Crippen molar-refractivity contribution >= 4 is 86.6 Å². The molecule has 1 aliphatic heterocycles. The lowest BCUT2D eigenvalue weighted by Crippen LogP contribution is -2.44. The van der Waals surface area contributed by atoms with Crippen LogP contribution in [0.3, 0.4) is 0 Å². The summed E-state index contributed by atoms with van der Waals surface area (Å²) in [5.41, 5.74) is -0.612. The summed E-state index contributed by atoms with van der Waals surface area (Å²) in [7, 11) is 2.83. The number of carbonyl (C=O) groups is 3. The second-order valence-corrected chi connectivity index (χ2v) is 14.2. The summed E-state index contributed by atoms with van der Waals surface area (Å²) < 4.78 is 56.4. The largest absolute Gasteiger partial charge is 0.355 e. The highest BCUT2D eigenvalue weighted by Gasteiger charge is 2.51. The van der Waals surface area contributed by atoms with E-state index in [9.17, 15) is 31.9 Å². The second kappa shape index (κ2) is 19.6. The van der Waals surface area contributed by atoms with Crippen molar-refractivity contribution in [3.05, 3.63) is 140 Å². The number of isothiocyanates is 1. The lowest BCUT2D eigenvalue weighted by Gasteiger charge is -2.29. The van der Waals surface area contributed by atoms with E-state index in [0.29, 0.717) is 16.9 Å². The molecule has 18 heteroatoms. The Morgan fingerprint density at radius 2 is 1.33 bits per heavy atom. The minimum atomic E-state index is -1.24. The minimum Gasteiger partial charge on any atom is -0.355 e. The summed E-state index contributed by atoms with van der Waals surface area (Å²) in [4.78, 5) is 51.9. The summed E-state index contributed by atoms with van der Waals surface area (Å²) in [5.74, 6) is -4.19. The van der Waals surface area contributed by atoms with Gasteiger partial charge in [0.05, 0.1) is 35.1 Å². The Balaban J connectivity index is 0.000000269. The lowest BCUT2D eigenvalue weighted by molar-refractivity contribution is -0.120. The Kier molecular flexibility index (Phi) is 15.5. The van der Waals surface area contributed by atoms with Gasteiger partial charge in [0.15, 0.2) is 16.5 Å². The second-order valence-electron chi connectivity index (χ2n) is 13.6. The summed E-state index contributed by atoms with van der Waals surface area (Å²) >= 11 is 9.82. The zero-order valence-corrected chi connectivity index (χ0v) is 35.1. The van der Waals surface area contributed by atoms with Gasteiger partial charge in [-0.15, -0.1) is 0 Å². The van der Waals surface area contributed by atoms with Gasteiger partial charge in [-0.3, -0.25) is 24.1 Å². The molecule has 0 atom stereocenters. The van der Waals surface area contributed by atoms with Crippen LogP contribution in [0.5, 0.6) is 0 Å². The number of nitrogens with one attached hydrogen (secondary N) is 3. The Labute approximate surface area is 355 Å². The number of benzene rings is 4. The number of hydrogen-bond acceptors (Lipinski definition) is 7. The molecule has 3 amide bonds. The highest BCUT2D eigenvalue weighted by molar-refractivity contribution is 7.81. The van der Waals surface area contributed by atoms with Crippen LogP contribution in [-0.2, 0) is 4.79 Å². The number of halogens is 4. The van der Waals surface area contributed by atoms with Gasteiger partial charge in [-0.1, -0.05) is 12.1 Å². The van der Waals surface area contributed by atoms with Crippen LogP contribution in [0.25, 0.3) is 14.5 Å². The van der Waals surface area contributed by atoms with E-state index in [1.54, 1.807) is 33.8 Å². The highest BCUT2D eigenvalue weighted by Crippen LogP contribution is 2.39. The van der Waals surface area contributed by atoms with Gasteiger partial charge in [0.2, 0.25) is 0 Å². The van der Waals surface area contributed by atoms with E-state index < -0.39 is 52.2 Å². The van der Waals surface area contributed by atoms with E-state index in [1.807, 2.05) is 0 Å². The summed E-state index contributed by atoms with van der Waals surface area (Å²) in [6.07, 6.45) is 0. The Bertz CT molecular complexity index is 2570. The van der Waals surface area contributed by atoms with Gasteiger partial charge in [0, 0.05) is 39.3 Å². The molecule has 0 bridgehead atoms. The van der Waals surface area contributed by atoms with Gasteiger partial charge < -0.3 is 20.9 Å². The number of amides is 3. The van der Waals surface area contributed by atoms with Gasteiger partial charge in [0.25, 0.3) is 23.4 Å². The monoisotopic (exact) mass is 855 g/mol. The Hall–Kier alpha value is -7.03. The smallest absolute Gasteiger partial charge is 0.299 e. The number of hydrogen-bond donors (Lipinski definition) is 3. The number of anilines is 3. The molecule has 0 saturated carbocycles. The van der Waals surface area contributed by atoms with E-state index in [-0.39, 0.29) is 44.6 Å². The predicted molar refractivity (Wildman–Crippen MR) is 230 cm³/mol. The van der Waals surface area contributed by atoms with Crippen LogP contribution in [-0.4, -0.2) is 53.3 Å². The maximum absolute atomic E-state index is 15.0. The fraction of sp³-hybridized carbons (Fsp3) is 0.238. The van der Waals surface area contributed by atoms with Crippen LogP contribution in [0.1, 0.15) is 59.5 Å². The Morgan fingerprint density at radius 3 is 1.82 bits per heavy atom. The van der Waals surface area contributed by atoms with Gasteiger partial charge >= 0.3 is 0 Å². The Morgan fingerprint density at radius 1 is 0.817 bits per heavy atom. The first-order chi connectivity index (χ1) is 28.1. The van der Waals surface area contributed by atoms with Crippen molar-refractivity contribution in [2.45, 2.75) is 52.7 Å². The molecule has 0 radical (unpaired) electrons. The van der Waals surface area contributed by atoms with Crippen molar-refractivity contribution in [2.75, 3.05) is 29.2 Å². The highest BCUT2D eigenvalue weighted by atomic mass is 32.1. The molecule has 1 heterocycles. The summed E-state index contributed by atoms with van der Waals surface area (Å²) in [6, 6.07) is 13.7. The average Bonchev–Trinajstić information content (AvgIpc) is 3.39. The number of aliphatic imine (C=N–C) groups is 1. The first-order valence-corrected chi connectivity index (χ1v) is 18.3. The number of thiocarbonyl (C=S) groups is 2. The molecular weight excluding hydrogens is 819 g/mol. The van der Waals surface area contributed by atoms with Crippen molar-refractivity contribution in [3.8, 4) is 0 Å². The third-order valence-electron chi connectivity index (χ3n) is 8.84. The lowest BCUT2D eigenvalue weighted by atomic mass is 10.0. The molecule has 308 valence electrons. The van der Waals surface area contributed by atoms with Gasteiger partial charge in [-0.25, -0.2) is 33.8 Å². The molecule has 1 saturated heterocycles. The van der Waals surface area contributed by atoms with Gasteiger partial charge in [-0.2, -0.15) is 4.99 Å². The molecule has 5 rings (SSSR count). The van der Waals surface area contributed by atoms with Crippen LogP contribution in [0.4, 0.5) is 51.7 Å². The van der Waals surface area contributed by atoms with Gasteiger partial charge in [-0.05, 0) is 112 Å². The zero-order chi connectivity index (χ0) is 45.3. The first kappa shape index (κ1) is 47.3. The number of carbonyl (C=O) groups excluding carboxylic acids is 3. The van der Waals surface area contributed by atoms with Crippen LogP contribution in [0.2, 0.25) is 0 Å². The van der Waals surface area contributed by atoms with Crippen molar-refractivity contribution in [1.29, 1.82) is 0 Å². The van der Waals surface area contributed by atoms with Crippen LogP contribution < -0.4 is 25.8 Å². The molecule has 4 aromatic carbocycles. The van der Waals surface area contributed by atoms with Crippen LogP contribution in [0.15, 0.2) is 65.7 Å². The third kappa shape index (κ3) is 10.2. The molecule has 0 aromatic heterocycles. The number of rotatable bonds is 7. The summed E-state index contributed by atoms with van der Waals surface area (Å²) in [5, 5.41) is 9.61. The topological polar surface area (TPSA) is 119 Å². The molecular formula is C42H37F4N9O3S2. The molecule has 0 aliphatic carbocycles. The molecule has 4 aromatic rings. The number of nitrogens with zero attached hydrogens (tertiary/aromatic N) is 6. The van der Waals surface area contributed by atoms with Crippen LogP contribution in [0, 0.1) is 56.8 Å². The zero-order valence-electron chi connectivity index (χ0n) is 33.5. The van der Waals surface area contributed by atoms with E-state index in [1.165, 1.54) is 81.4 Å². The van der Waals surface area contributed by atoms with Gasteiger partial charge in [0.1, 0.15) is 34.5 Å². The molecule has 60 heavy (non-hydrogen) atoms.